The maximum Gasteiger partial charge on any atom is 0.141 e. The van der Waals surface area contributed by atoms with E-state index in [1.54, 1.807) is 6.07 Å². The van der Waals surface area contributed by atoms with E-state index in [2.05, 4.69) is 30.2 Å². The molecule has 94 valence electrons. The molecule has 0 aliphatic rings. The van der Waals surface area contributed by atoms with E-state index in [0.29, 0.717) is 0 Å². The third-order valence-electron chi connectivity index (χ3n) is 2.99. The first-order valence-electron chi connectivity index (χ1n) is 6.14. The highest BCUT2D eigenvalue weighted by Crippen LogP contribution is 2.23. The molecule has 1 atom stereocenters. The number of pyridine rings is 1. The van der Waals surface area contributed by atoms with Crippen molar-refractivity contribution >= 4 is 5.69 Å². The van der Waals surface area contributed by atoms with Gasteiger partial charge in [-0.1, -0.05) is 25.1 Å². The van der Waals surface area contributed by atoms with Gasteiger partial charge in [0.25, 0.3) is 0 Å². The zero-order valence-corrected chi connectivity index (χ0v) is 10.7. The molecule has 0 aliphatic carbocycles. The number of aromatic nitrogens is 1. The summed E-state index contributed by atoms with van der Waals surface area (Å²) < 4.78 is 12.9. The second-order valence-corrected chi connectivity index (χ2v) is 4.32. The SMILES string of the molecule is CCC(Nc1ccccc1C)c1ccc(F)cn1. The minimum atomic E-state index is -0.301. The number of nitrogens with zero attached hydrogens (tertiary/aromatic N) is 1. The van der Waals surface area contributed by atoms with E-state index in [9.17, 15) is 4.39 Å². The Kier molecular flexibility index (Phi) is 3.92. The lowest BCUT2D eigenvalue weighted by Crippen LogP contribution is -2.12. The summed E-state index contributed by atoms with van der Waals surface area (Å²) in [4.78, 5) is 4.14. The van der Waals surface area contributed by atoms with Gasteiger partial charge in [-0.3, -0.25) is 4.98 Å². The molecule has 1 N–H and O–H groups in total. The van der Waals surface area contributed by atoms with Crippen LogP contribution in [0.3, 0.4) is 0 Å². The number of hydrogen-bond acceptors (Lipinski definition) is 2. The molecule has 0 fully saturated rings. The maximum atomic E-state index is 12.9. The van der Waals surface area contributed by atoms with Crippen molar-refractivity contribution in [1.29, 1.82) is 0 Å². The quantitative estimate of drug-likeness (QED) is 0.876. The van der Waals surface area contributed by atoms with Crippen LogP contribution in [0.15, 0.2) is 42.6 Å². The Morgan fingerprint density at radius 3 is 2.61 bits per heavy atom. The van der Waals surface area contributed by atoms with Crippen LogP contribution < -0.4 is 5.32 Å². The van der Waals surface area contributed by atoms with Gasteiger partial charge in [-0.25, -0.2) is 4.39 Å². The van der Waals surface area contributed by atoms with Gasteiger partial charge in [-0.05, 0) is 37.1 Å². The standard InChI is InChI=1S/C15H17FN2/c1-3-13(15-9-8-12(16)10-17-15)18-14-7-5-4-6-11(14)2/h4-10,13,18H,3H2,1-2H3. The fraction of sp³-hybridized carbons (Fsp3) is 0.267. The molecule has 2 aromatic rings. The highest BCUT2D eigenvalue weighted by Gasteiger charge is 2.11. The van der Waals surface area contributed by atoms with Gasteiger partial charge in [0.1, 0.15) is 5.82 Å². The Morgan fingerprint density at radius 1 is 1.22 bits per heavy atom. The molecule has 2 rings (SSSR count). The minimum absolute atomic E-state index is 0.103. The molecular weight excluding hydrogens is 227 g/mol. The van der Waals surface area contributed by atoms with Crippen LogP contribution in [0.1, 0.15) is 30.6 Å². The maximum absolute atomic E-state index is 12.9. The molecule has 0 aliphatic heterocycles. The van der Waals surface area contributed by atoms with Gasteiger partial charge in [0.15, 0.2) is 0 Å². The molecule has 1 unspecified atom stereocenters. The first-order chi connectivity index (χ1) is 8.70. The fourth-order valence-electron chi connectivity index (χ4n) is 1.90. The molecule has 0 bridgehead atoms. The Bertz CT molecular complexity index is 508. The number of nitrogens with one attached hydrogen (secondary N) is 1. The lowest BCUT2D eigenvalue weighted by Gasteiger charge is -2.19. The summed E-state index contributed by atoms with van der Waals surface area (Å²) in [5.74, 6) is -0.301. The van der Waals surface area contributed by atoms with Crippen LogP contribution in [0, 0.1) is 12.7 Å². The van der Waals surface area contributed by atoms with Crippen LogP contribution in [-0.4, -0.2) is 4.98 Å². The highest BCUT2D eigenvalue weighted by atomic mass is 19.1. The van der Waals surface area contributed by atoms with Crippen molar-refractivity contribution in [2.45, 2.75) is 26.3 Å². The summed E-state index contributed by atoms with van der Waals surface area (Å²) in [5.41, 5.74) is 3.15. The van der Waals surface area contributed by atoms with Gasteiger partial charge in [0, 0.05) is 5.69 Å². The van der Waals surface area contributed by atoms with Crippen molar-refractivity contribution < 1.29 is 4.39 Å². The van der Waals surface area contributed by atoms with Gasteiger partial charge in [0.05, 0.1) is 17.9 Å². The number of hydrogen-bond donors (Lipinski definition) is 1. The topological polar surface area (TPSA) is 24.9 Å². The zero-order valence-electron chi connectivity index (χ0n) is 10.7. The molecule has 0 spiro atoms. The molecule has 3 heteroatoms. The second-order valence-electron chi connectivity index (χ2n) is 4.32. The number of rotatable bonds is 4. The number of benzene rings is 1. The van der Waals surface area contributed by atoms with Crippen LogP contribution in [0.5, 0.6) is 0 Å². The first-order valence-corrected chi connectivity index (χ1v) is 6.14. The summed E-state index contributed by atoms with van der Waals surface area (Å²) in [6.07, 6.45) is 2.16. The summed E-state index contributed by atoms with van der Waals surface area (Å²) in [6, 6.07) is 11.4. The fourth-order valence-corrected chi connectivity index (χ4v) is 1.90. The van der Waals surface area contributed by atoms with Crippen LogP contribution >= 0.6 is 0 Å². The van der Waals surface area contributed by atoms with Gasteiger partial charge in [-0.2, -0.15) is 0 Å². The average Bonchev–Trinajstić information content (AvgIpc) is 2.39. The van der Waals surface area contributed by atoms with E-state index in [1.165, 1.54) is 17.8 Å². The van der Waals surface area contributed by atoms with Crippen LogP contribution in [0.4, 0.5) is 10.1 Å². The predicted octanol–water partition coefficient (Wildman–Crippen LogP) is 4.09. The number of anilines is 1. The zero-order chi connectivity index (χ0) is 13.0. The van der Waals surface area contributed by atoms with Crippen molar-refractivity contribution in [1.82, 2.24) is 4.98 Å². The molecule has 1 aromatic heterocycles. The molecule has 1 heterocycles. The molecule has 0 saturated heterocycles. The van der Waals surface area contributed by atoms with Gasteiger partial charge in [0.2, 0.25) is 0 Å². The lowest BCUT2D eigenvalue weighted by molar-refractivity contribution is 0.614. The molecule has 2 nitrogen and oxygen atoms in total. The third kappa shape index (κ3) is 2.86. The monoisotopic (exact) mass is 244 g/mol. The number of halogens is 1. The number of para-hydroxylation sites is 1. The van der Waals surface area contributed by atoms with E-state index in [1.807, 2.05) is 18.2 Å². The van der Waals surface area contributed by atoms with E-state index in [0.717, 1.165) is 17.8 Å². The van der Waals surface area contributed by atoms with Crippen molar-refractivity contribution in [3.63, 3.8) is 0 Å². The molecule has 0 saturated carbocycles. The van der Waals surface area contributed by atoms with Crippen LogP contribution in [-0.2, 0) is 0 Å². The van der Waals surface area contributed by atoms with E-state index in [4.69, 9.17) is 0 Å². The van der Waals surface area contributed by atoms with Gasteiger partial charge in [-0.15, -0.1) is 0 Å². The largest absolute Gasteiger partial charge is 0.376 e. The van der Waals surface area contributed by atoms with Crippen molar-refractivity contribution in [2.75, 3.05) is 5.32 Å². The third-order valence-corrected chi connectivity index (χ3v) is 2.99. The molecular formula is C15H17FN2. The smallest absolute Gasteiger partial charge is 0.141 e. The minimum Gasteiger partial charge on any atom is -0.376 e. The molecule has 1 aromatic carbocycles. The number of aryl methyl sites for hydroxylation is 1. The average molecular weight is 244 g/mol. The Hall–Kier alpha value is -1.90. The lowest BCUT2D eigenvalue weighted by atomic mass is 10.1. The second kappa shape index (κ2) is 5.63. The van der Waals surface area contributed by atoms with Crippen molar-refractivity contribution in [3.8, 4) is 0 Å². The van der Waals surface area contributed by atoms with E-state index in [-0.39, 0.29) is 11.9 Å². The molecule has 0 amide bonds. The van der Waals surface area contributed by atoms with Crippen LogP contribution in [0.2, 0.25) is 0 Å². The van der Waals surface area contributed by atoms with Gasteiger partial charge >= 0.3 is 0 Å². The van der Waals surface area contributed by atoms with Crippen molar-refractivity contribution in [3.05, 3.63) is 59.7 Å². The highest BCUT2D eigenvalue weighted by molar-refractivity contribution is 5.51. The predicted molar refractivity (Wildman–Crippen MR) is 72.0 cm³/mol. The van der Waals surface area contributed by atoms with Crippen molar-refractivity contribution in [2.24, 2.45) is 0 Å². The Morgan fingerprint density at radius 2 is 2.00 bits per heavy atom. The van der Waals surface area contributed by atoms with Crippen LogP contribution in [0.25, 0.3) is 0 Å². The van der Waals surface area contributed by atoms with E-state index >= 15 is 0 Å². The summed E-state index contributed by atoms with van der Waals surface area (Å²) in [5, 5.41) is 3.45. The Labute approximate surface area is 107 Å². The Balaban J connectivity index is 2.20. The van der Waals surface area contributed by atoms with Gasteiger partial charge < -0.3 is 5.32 Å². The molecule has 18 heavy (non-hydrogen) atoms. The molecule has 0 radical (unpaired) electrons. The summed E-state index contributed by atoms with van der Waals surface area (Å²) >= 11 is 0. The summed E-state index contributed by atoms with van der Waals surface area (Å²) in [7, 11) is 0. The first kappa shape index (κ1) is 12.6. The van der Waals surface area contributed by atoms with E-state index < -0.39 is 0 Å². The summed E-state index contributed by atoms with van der Waals surface area (Å²) in [6.45, 7) is 4.15. The normalized spacial score (nSPS) is 12.2.